The molecule has 1 aliphatic heterocycles. The van der Waals surface area contributed by atoms with Crippen LogP contribution in [0, 0.1) is 16.0 Å². The Morgan fingerprint density at radius 3 is 2.56 bits per heavy atom. The van der Waals surface area contributed by atoms with Crippen molar-refractivity contribution >= 4 is 17.3 Å². The molecule has 1 saturated heterocycles. The van der Waals surface area contributed by atoms with Gasteiger partial charge >= 0.3 is 11.9 Å². The first kappa shape index (κ1) is 19.5. The molecule has 2 aliphatic rings. The maximum atomic E-state index is 14.4. The van der Waals surface area contributed by atoms with Gasteiger partial charge in [0.25, 0.3) is 5.92 Å². The Kier molecular flexibility index (Phi) is 4.85. The molecule has 12 heteroatoms. The Morgan fingerprint density at radius 2 is 2.00 bits per heavy atom. The van der Waals surface area contributed by atoms with Crippen molar-refractivity contribution < 1.29 is 31.7 Å². The highest BCUT2D eigenvalue weighted by atomic mass is 19.4. The van der Waals surface area contributed by atoms with E-state index < -0.39 is 53.8 Å². The Morgan fingerprint density at radius 1 is 1.33 bits per heavy atom. The molecule has 0 bridgehead atoms. The van der Waals surface area contributed by atoms with Gasteiger partial charge in [0.15, 0.2) is 0 Å². The Balaban J connectivity index is 1.84. The molecule has 0 spiro atoms. The first-order chi connectivity index (χ1) is 12.5. The third-order valence-corrected chi connectivity index (χ3v) is 4.75. The number of carbonyl (C=O) groups is 1. The number of ketones is 1. The zero-order valence-electron chi connectivity index (χ0n) is 14.1. The van der Waals surface area contributed by atoms with Crippen molar-refractivity contribution in [2.45, 2.75) is 50.2 Å². The van der Waals surface area contributed by atoms with Crippen LogP contribution < -0.4 is 4.90 Å². The Bertz CT molecular complexity index is 744. The lowest BCUT2D eigenvalue weighted by Gasteiger charge is -2.25. The minimum Gasteiger partial charge on any atom is -0.345 e. The molecule has 2 heterocycles. The number of hydrogen-bond acceptors (Lipinski definition) is 5. The van der Waals surface area contributed by atoms with E-state index in [1.54, 1.807) is 0 Å². The molecule has 27 heavy (non-hydrogen) atoms. The number of rotatable bonds is 5. The molecule has 1 atom stereocenters. The molecule has 7 nitrogen and oxygen atoms in total. The third-order valence-electron chi connectivity index (χ3n) is 4.75. The van der Waals surface area contributed by atoms with Gasteiger partial charge in [0.05, 0.1) is 17.5 Å². The summed E-state index contributed by atoms with van der Waals surface area (Å²) in [5, 5.41) is 15.2. The molecule has 3 rings (SSSR count). The number of anilines is 1. The molecular weight excluding hydrogens is 379 g/mol. The smallest absolute Gasteiger partial charge is 0.345 e. The number of aromatic nitrogens is 2. The van der Waals surface area contributed by atoms with Crippen LogP contribution in [0.4, 0.5) is 33.5 Å². The maximum Gasteiger partial charge on any atom is 0.449 e. The highest BCUT2D eigenvalue weighted by Crippen LogP contribution is 2.43. The van der Waals surface area contributed by atoms with Crippen molar-refractivity contribution in [1.82, 2.24) is 9.78 Å². The Labute approximate surface area is 150 Å². The summed E-state index contributed by atoms with van der Waals surface area (Å²) in [6, 6.07) is -0.104. The summed E-state index contributed by atoms with van der Waals surface area (Å²) < 4.78 is 67.4. The quantitative estimate of drug-likeness (QED) is 0.432. The van der Waals surface area contributed by atoms with Gasteiger partial charge < -0.3 is 4.90 Å². The van der Waals surface area contributed by atoms with E-state index in [2.05, 4.69) is 5.10 Å². The number of carbonyl (C=O) groups excluding carboxylic acids is 1. The highest BCUT2D eigenvalue weighted by molar-refractivity contribution is 5.84. The molecule has 0 aromatic carbocycles. The number of hydrogen-bond donors (Lipinski definition) is 0. The van der Waals surface area contributed by atoms with E-state index in [1.807, 2.05) is 0 Å². The van der Waals surface area contributed by atoms with Gasteiger partial charge in [0.1, 0.15) is 6.20 Å². The van der Waals surface area contributed by atoms with E-state index in [4.69, 9.17) is 0 Å². The number of halogens is 5. The van der Waals surface area contributed by atoms with Crippen molar-refractivity contribution in [3.8, 4) is 0 Å². The van der Waals surface area contributed by atoms with E-state index in [9.17, 15) is 36.9 Å². The van der Waals surface area contributed by atoms with Crippen LogP contribution in [0.25, 0.3) is 0 Å². The molecule has 1 aliphatic carbocycles. The maximum absolute atomic E-state index is 14.4. The topological polar surface area (TPSA) is 81.3 Å². The molecule has 2 fully saturated rings. The van der Waals surface area contributed by atoms with Gasteiger partial charge in [-0.15, -0.1) is 0 Å². The van der Waals surface area contributed by atoms with E-state index in [-0.39, 0.29) is 24.8 Å². The van der Waals surface area contributed by atoms with E-state index in [0.29, 0.717) is 0 Å². The van der Waals surface area contributed by atoms with Gasteiger partial charge in [-0.1, -0.05) is 0 Å². The van der Waals surface area contributed by atoms with Crippen molar-refractivity contribution in [2.24, 2.45) is 5.92 Å². The standard InChI is InChI=1S/C15H17F5N4O3/c16-14(17)6-9(5-12(25)15(18,19)20)3-4-22(8-14)13-11(24(26)27)7-21-23(13)10-1-2-10/h7,9-10H,1-6,8H2. The molecule has 0 radical (unpaired) electrons. The summed E-state index contributed by atoms with van der Waals surface area (Å²) in [7, 11) is 0. The van der Waals surface area contributed by atoms with E-state index in [0.717, 1.165) is 23.9 Å². The van der Waals surface area contributed by atoms with Gasteiger partial charge in [-0.2, -0.15) is 18.3 Å². The number of nitrogens with zero attached hydrogens (tertiary/aromatic N) is 4. The monoisotopic (exact) mass is 396 g/mol. The molecular formula is C15H17F5N4O3. The third kappa shape index (κ3) is 4.35. The molecule has 0 N–H and O–H groups in total. The van der Waals surface area contributed by atoms with Gasteiger partial charge in [0, 0.05) is 19.4 Å². The highest BCUT2D eigenvalue weighted by Gasteiger charge is 2.45. The lowest BCUT2D eigenvalue weighted by atomic mass is 9.93. The van der Waals surface area contributed by atoms with Crippen LogP contribution in [0.15, 0.2) is 6.20 Å². The molecule has 1 saturated carbocycles. The minimum atomic E-state index is -5.06. The summed E-state index contributed by atoms with van der Waals surface area (Å²) in [5.41, 5.74) is -0.414. The average molecular weight is 396 g/mol. The van der Waals surface area contributed by atoms with Gasteiger partial charge in [-0.25, -0.2) is 13.5 Å². The summed E-state index contributed by atoms with van der Waals surface area (Å²) in [6.45, 7) is -0.992. The SMILES string of the molecule is O=C(CC1CCN(c2c([N+](=O)[O-])cnn2C2CC2)CC(F)(F)C1)C(F)(F)F. The van der Waals surface area contributed by atoms with Gasteiger partial charge in [0.2, 0.25) is 11.6 Å². The van der Waals surface area contributed by atoms with Gasteiger partial charge in [-0.05, 0) is 25.2 Å². The summed E-state index contributed by atoms with van der Waals surface area (Å²) in [5.74, 6) is -6.63. The van der Waals surface area contributed by atoms with Crippen molar-refractivity contribution in [3.05, 3.63) is 16.3 Å². The second kappa shape index (κ2) is 6.71. The number of alkyl halides is 5. The van der Waals surface area contributed by atoms with Crippen molar-refractivity contribution in [1.29, 1.82) is 0 Å². The second-order valence-electron chi connectivity index (χ2n) is 7.05. The predicted octanol–water partition coefficient (Wildman–Crippen LogP) is 3.50. The average Bonchev–Trinajstić information content (AvgIpc) is 3.29. The largest absolute Gasteiger partial charge is 0.449 e. The lowest BCUT2D eigenvalue weighted by Crippen LogP contribution is -2.37. The number of Topliss-reactive ketones (excluding diaryl/α,β-unsaturated/α-hetero) is 1. The van der Waals surface area contributed by atoms with Crippen LogP contribution >= 0.6 is 0 Å². The molecule has 1 aromatic heterocycles. The molecule has 1 unspecified atom stereocenters. The fraction of sp³-hybridized carbons (Fsp3) is 0.733. The van der Waals surface area contributed by atoms with Crippen LogP contribution in [-0.2, 0) is 4.79 Å². The predicted molar refractivity (Wildman–Crippen MR) is 82.7 cm³/mol. The zero-order chi connectivity index (χ0) is 20.0. The fourth-order valence-electron chi connectivity index (χ4n) is 3.39. The Hall–Kier alpha value is -2.27. The molecule has 150 valence electrons. The van der Waals surface area contributed by atoms with Crippen LogP contribution in [0.3, 0.4) is 0 Å². The van der Waals surface area contributed by atoms with Crippen LogP contribution in [0.5, 0.6) is 0 Å². The number of nitro groups is 1. The summed E-state index contributed by atoms with van der Waals surface area (Å²) in [4.78, 5) is 22.8. The summed E-state index contributed by atoms with van der Waals surface area (Å²) in [6.07, 6.45) is -4.62. The van der Waals surface area contributed by atoms with Crippen molar-refractivity contribution in [3.63, 3.8) is 0 Å². The first-order valence-corrected chi connectivity index (χ1v) is 8.42. The fourth-order valence-corrected chi connectivity index (χ4v) is 3.39. The first-order valence-electron chi connectivity index (χ1n) is 8.42. The molecule has 1 aromatic rings. The van der Waals surface area contributed by atoms with Crippen LogP contribution in [0.1, 0.15) is 38.1 Å². The minimum absolute atomic E-state index is 0.0510. The van der Waals surface area contributed by atoms with Gasteiger partial charge in [-0.3, -0.25) is 14.9 Å². The van der Waals surface area contributed by atoms with Crippen LogP contribution in [0.2, 0.25) is 0 Å². The normalized spacial score (nSPS) is 23.1. The van der Waals surface area contributed by atoms with Crippen molar-refractivity contribution in [2.75, 3.05) is 18.0 Å². The van der Waals surface area contributed by atoms with E-state index >= 15 is 0 Å². The lowest BCUT2D eigenvalue weighted by molar-refractivity contribution is -0.384. The summed E-state index contributed by atoms with van der Waals surface area (Å²) >= 11 is 0. The molecule has 0 amide bonds. The van der Waals surface area contributed by atoms with E-state index in [1.165, 1.54) is 4.68 Å². The zero-order valence-corrected chi connectivity index (χ0v) is 14.1. The van der Waals surface area contributed by atoms with Crippen LogP contribution in [-0.4, -0.2) is 45.7 Å². The second-order valence-corrected chi connectivity index (χ2v) is 7.05.